The number of nitrogens with zero attached hydrogens (tertiary/aromatic N) is 2. The molecule has 116 valence electrons. The Morgan fingerprint density at radius 1 is 1.22 bits per heavy atom. The van der Waals surface area contributed by atoms with Gasteiger partial charge in [-0.3, -0.25) is 10.1 Å². The van der Waals surface area contributed by atoms with Crippen LogP contribution in [0.25, 0.3) is 10.6 Å². The fourth-order valence-electron chi connectivity index (χ4n) is 1.94. The number of hydrogen-bond donors (Lipinski definition) is 0. The molecule has 0 atom stereocenters. The van der Waals surface area contributed by atoms with E-state index in [1.165, 1.54) is 35.6 Å². The van der Waals surface area contributed by atoms with Crippen molar-refractivity contribution in [3.63, 3.8) is 0 Å². The Morgan fingerprint density at radius 2 is 2.00 bits per heavy atom. The second-order valence-electron chi connectivity index (χ2n) is 4.69. The van der Waals surface area contributed by atoms with Gasteiger partial charge < -0.3 is 4.74 Å². The SMILES string of the molecule is O=[N+]([O-])c1cccc(OCc2csc(-c3ccc(F)cc3)n2)c1. The molecule has 23 heavy (non-hydrogen) atoms. The second kappa shape index (κ2) is 6.53. The predicted molar refractivity (Wildman–Crippen MR) is 84.9 cm³/mol. The monoisotopic (exact) mass is 330 g/mol. The maximum atomic E-state index is 12.9. The average molecular weight is 330 g/mol. The first-order valence-corrected chi connectivity index (χ1v) is 7.57. The fourth-order valence-corrected chi connectivity index (χ4v) is 2.75. The van der Waals surface area contributed by atoms with Gasteiger partial charge in [-0.1, -0.05) is 6.07 Å². The van der Waals surface area contributed by atoms with E-state index >= 15 is 0 Å². The first kappa shape index (κ1) is 15.1. The molecule has 0 aliphatic rings. The highest BCUT2D eigenvalue weighted by molar-refractivity contribution is 7.13. The van der Waals surface area contributed by atoms with Crippen LogP contribution in [-0.4, -0.2) is 9.91 Å². The lowest BCUT2D eigenvalue weighted by atomic mass is 10.2. The fraction of sp³-hybridized carbons (Fsp3) is 0.0625. The third-order valence-electron chi connectivity index (χ3n) is 3.06. The first-order valence-electron chi connectivity index (χ1n) is 6.69. The molecule has 2 aromatic carbocycles. The number of rotatable bonds is 5. The van der Waals surface area contributed by atoms with Crippen molar-refractivity contribution in [3.8, 4) is 16.3 Å². The van der Waals surface area contributed by atoms with Crippen molar-refractivity contribution in [2.45, 2.75) is 6.61 Å². The van der Waals surface area contributed by atoms with E-state index in [4.69, 9.17) is 4.74 Å². The van der Waals surface area contributed by atoms with E-state index in [1.807, 2.05) is 5.38 Å². The van der Waals surface area contributed by atoms with Crippen LogP contribution < -0.4 is 4.74 Å². The molecule has 5 nitrogen and oxygen atoms in total. The lowest BCUT2D eigenvalue weighted by Gasteiger charge is -2.03. The zero-order chi connectivity index (χ0) is 16.2. The summed E-state index contributed by atoms with van der Waals surface area (Å²) in [6.45, 7) is 0.207. The first-order chi connectivity index (χ1) is 11.1. The summed E-state index contributed by atoms with van der Waals surface area (Å²) >= 11 is 1.43. The largest absolute Gasteiger partial charge is 0.487 e. The Morgan fingerprint density at radius 3 is 2.74 bits per heavy atom. The lowest BCUT2D eigenvalue weighted by molar-refractivity contribution is -0.384. The third kappa shape index (κ3) is 3.70. The molecule has 0 saturated carbocycles. The number of nitro groups is 1. The van der Waals surface area contributed by atoms with E-state index in [2.05, 4.69) is 4.98 Å². The molecule has 1 heterocycles. The zero-order valence-corrected chi connectivity index (χ0v) is 12.6. The van der Waals surface area contributed by atoms with Crippen LogP contribution in [0, 0.1) is 15.9 Å². The average Bonchev–Trinajstić information content (AvgIpc) is 3.03. The summed E-state index contributed by atoms with van der Waals surface area (Å²) in [5.74, 6) is 0.120. The van der Waals surface area contributed by atoms with Crippen LogP contribution in [0.3, 0.4) is 0 Å². The minimum absolute atomic E-state index is 0.0206. The third-order valence-corrected chi connectivity index (χ3v) is 4.00. The quantitative estimate of drug-likeness (QED) is 0.512. The highest BCUT2D eigenvalue weighted by Gasteiger charge is 2.08. The van der Waals surface area contributed by atoms with Crippen molar-refractivity contribution in [2.75, 3.05) is 0 Å². The Labute approximate surface area is 135 Å². The summed E-state index contributed by atoms with van der Waals surface area (Å²) in [6.07, 6.45) is 0. The zero-order valence-electron chi connectivity index (χ0n) is 11.8. The Kier molecular flexibility index (Phi) is 4.29. The van der Waals surface area contributed by atoms with Gasteiger partial charge in [0, 0.05) is 17.0 Å². The van der Waals surface area contributed by atoms with Crippen LogP contribution in [0.5, 0.6) is 5.75 Å². The topological polar surface area (TPSA) is 65.3 Å². The van der Waals surface area contributed by atoms with E-state index in [-0.39, 0.29) is 18.1 Å². The molecule has 0 aliphatic heterocycles. The van der Waals surface area contributed by atoms with Crippen molar-refractivity contribution in [2.24, 2.45) is 0 Å². The molecule has 0 saturated heterocycles. The van der Waals surface area contributed by atoms with Crippen molar-refractivity contribution >= 4 is 17.0 Å². The van der Waals surface area contributed by atoms with E-state index in [0.29, 0.717) is 11.4 Å². The summed E-state index contributed by atoms with van der Waals surface area (Å²) < 4.78 is 18.5. The van der Waals surface area contributed by atoms with Gasteiger partial charge >= 0.3 is 0 Å². The number of nitro benzene ring substituents is 1. The van der Waals surface area contributed by atoms with Gasteiger partial charge in [0.15, 0.2) is 0 Å². The normalized spacial score (nSPS) is 10.5. The molecule has 0 bridgehead atoms. The van der Waals surface area contributed by atoms with Gasteiger partial charge in [-0.25, -0.2) is 9.37 Å². The Bertz CT molecular complexity index is 833. The molecule has 0 unspecified atom stereocenters. The van der Waals surface area contributed by atoms with Crippen molar-refractivity contribution in [1.82, 2.24) is 4.98 Å². The van der Waals surface area contributed by atoms with Crippen LogP contribution in [0.4, 0.5) is 10.1 Å². The Balaban J connectivity index is 1.69. The number of halogens is 1. The molecule has 0 radical (unpaired) electrons. The van der Waals surface area contributed by atoms with Crippen molar-refractivity contribution < 1.29 is 14.1 Å². The van der Waals surface area contributed by atoms with Crippen LogP contribution in [0.15, 0.2) is 53.9 Å². The summed E-state index contributed by atoms with van der Waals surface area (Å²) in [6, 6.07) is 12.1. The van der Waals surface area contributed by atoms with Gasteiger partial charge in [-0.2, -0.15) is 0 Å². The highest BCUT2D eigenvalue weighted by Crippen LogP contribution is 2.25. The van der Waals surface area contributed by atoms with E-state index in [9.17, 15) is 14.5 Å². The number of aromatic nitrogens is 1. The van der Waals surface area contributed by atoms with Crippen LogP contribution >= 0.6 is 11.3 Å². The smallest absolute Gasteiger partial charge is 0.273 e. The van der Waals surface area contributed by atoms with Crippen LogP contribution in [0.2, 0.25) is 0 Å². The molecule has 0 aliphatic carbocycles. The van der Waals surface area contributed by atoms with E-state index in [1.54, 1.807) is 24.3 Å². The highest BCUT2D eigenvalue weighted by atomic mass is 32.1. The van der Waals surface area contributed by atoms with E-state index < -0.39 is 4.92 Å². The number of ether oxygens (including phenoxy) is 1. The summed E-state index contributed by atoms with van der Waals surface area (Å²) in [4.78, 5) is 14.7. The molecule has 0 fully saturated rings. The molecular formula is C16H11FN2O3S. The Hall–Kier alpha value is -2.80. The predicted octanol–water partition coefficient (Wildman–Crippen LogP) is 4.44. The minimum Gasteiger partial charge on any atom is -0.487 e. The van der Waals surface area contributed by atoms with Crippen molar-refractivity contribution in [3.05, 3.63) is 75.5 Å². The summed E-state index contributed by atoms with van der Waals surface area (Å²) in [7, 11) is 0. The molecule has 0 spiro atoms. The van der Waals surface area contributed by atoms with Gasteiger partial charge in [0.2, 0.25) is 0 Å². The lowest BCUT2D eigenvalue weighted by Crippen LogP contribution is -1.96. The molecule has 0 N–H and O–H groups in total. The van der Waals surface area contributed by atoms with Crippen LogP contribution in [0.1, 0.15) is 5.69 Å². The number of hydrogen-bond acceptors (Lipinski definition) is 5. The van der Waals surface area contributed by atoms with Gasteiger partial charge in [0.1, 0.15) is 23.2 Å². The van der Waals surface area contributed by atoms with Gasteiger partial charge in [0.05, 0.1) is 16.7 Å². The van der Waals surface area contributed by atoms with Gasteiger partial charge in [-0.05, 0) is 30.3 Å². The molecule has 7 heteroatoms. The summed E-state index contributed by atoms with van der Waals surface area (Å²) in [5.41, 5.74) is 1.52. The maximum absolute atomic E-state index is 12.9. The number of benzene rings is 2. The molecule has 3 aromatic rings. The molecule has 3 rings (SSSR count). The van der Waals surface area contributed by atoms with E-state index in [0.717, 1.165) is 10.6 Å². The maximum Gasteiger partial charge on any atom is 0.273 e. The van der Waals surface area contributed by atoms with Crippen molar-refractivity contribution in [1.29, 1.82) is 0 Å². The number of non-ortho nitro benzene ring substituents is 1. The standard InChI is InChI=1S/C16H11FN2O3S/c17-12-6-4-11(5-7-12)16-18-13(10-23-16)9-22-15-3-1-2-14(8-15)19(20)21/h1-8,10H,9H2. The van der Waals surface area contributed by atoms with Crippen LogP contribution in [-0.2, 0) is 6.61 Å². The summed E-state index contributed by atoms with van der Waals surface area (Å²) in [5, 5.41) is 13.3. The van der Waals surface area contributed by atoms with Gasteiger partial charge in [0.25, 0.3) is 5.69 Å². The minimum atomic E-state index is -0.470. The molecule has 1 aromatic heterocycles. The number of thiazole rings is 1. The second-order valence-corrected chi connectivity index (χ2v) is 5.55. The van der Waals surface area contributed by atoms with Gasteiger partial charge in [-0.15, -0.1) is 11.3 Å². The molecule has 0 amide bonds. The molecular weight excluding hydrogens is 319 g/mol.